The van der Waals surface area contributed by atoms with Gasteiger partial charge in [-0.05, 0) is 49.2 Å². The maximum atomic E-state index is 5.92. The van der Waals surface area contributed by atoms with E-state index in [0.717, 1.165) is 28.5 Å². The zero-order chi connectivity index (χ0) is 16.0. The van der Waals surface area contributed by atoms with Crippen LogP contribution in [-0.2, 0) is 13.5 Å². The molecule has 0 saturated carbocycles. The van der Waals surface area contributed by atoms with Crippen LogP contribution in [0.2, 0.25) is 0 Å². The Hall–Kier alpha value is -2.68. The van der Waals surface area contributed by atoms with Crippen molar-refractivity contribution in [2.24, 2.45) is 7.05 Å². The van der Waals surface area contributed by atoms with Crippen LogP contribution < -0.4 is 4.57 Å². The second-order valence-electron chi connectivity index (χ2n) is 6.00. The quantitative estimate of drug-likeness (QED) is 0.515. The molecule has 3 heteroatoms. The molecule has 3 nitrogen and oxygen atoms in total. The lowest BCUT2D eigenvalue weighted by Crippen LogP contribution is -2.31. The first kappa shape index (κ1) is 13.9. The molecule has 0 fully saturated rings. The van der Waals surface area contributed by atoms with Crippen LogP contribution in [0.3, 0.4) is 0 Å². The maximum absolute atomic E-state index is 5.92. The predicted octanol–water partition coefficient (Wildman–Crippen LogP) is 4.34. The minimum absolute atomic E-state index is 0.838. The van der Waals surface area contributed by atoms with Gasteiger partial charge in [0.1, 0.15) is 18.1 Å². The Balaban J connectivity index is 1.99. The lowest BCUT2D eigenvalue weighted by molar-refractivity contribution is -0.660. The number of hydrogen-bond acceptors (Lipinski definition) is 2. The van der Waals surface area contributed by atoms with Crippen LogP contribution in [0.4, 0.5) is 0 Å². The lowest BCUT2D eigenvalue weighted by Gasteiger charge is -2.06. The van der Waals surface area contributed by atoms with Crippen LogP contribution >= 0.6 is 0 Å². The molecule has 0 N–H and O–H groups in total. The van der Waals surface area contributed by atoms with Crippen molar-refractivity contribution in [3.8, 4) is 11.3 Å². The van der Waals surface area contributed by atoms with Crippen molar-refractivity contribution in [3.05, 3.63) is 59.9 Å². The highest BCUT2D eigenvalue weighted by molar-refractivity contribution is 6.04. The largest absolute Gasteiger partial charge is 0.454 e. The fraction of sp³-hybridized carbons (Fsp3) is 0.200. The van der Waals surface area contributed by atoms with Gasteiger partial charge in [-0.25, -0.2) is 4.57 Å². The predicted molar refractivity (Wildman–Crippen MR) is 92.2 cm³/mol. The number of furan rings is 1. The third kappa shape index (κ3) is 2.20. The van der Waals surface area contributed by atoms with E-state index < -0.39 is 0 Å². The third-order valence-corrected chi connectivity index (χ3v) is 4.45. The average molecular weight is 303 g/mol. The van der Waals surface area contributed by atoms with Gasteiger partial charge in [-0.3, -0.25) is 4.98 Å². The summed E-state index contributed by atoms with van der Waals surface area (Å²) in [5, 5.41) is 1.07. The van der Waals surface area contributed by atoms with Crippen LogP contribution in [0, 0.1) is 6.92 Å². The second-order valence-corrected chi connectivity index (χ2v) is 6.00. The van der Waals surface area contributed by atoms with Crippen molar-refractivity contribution < 1.29 is 8.98 Å². The molecule has 114 valence electrons. The fourth-order valence-corrected chi connectivity index (χ4v) is 3.17. The van der Waals surface area contributed by atoms with Crippen molar-refractivity contribution in [3.63, 3.8) is 0 Å². The maximum Gasteiger partial charge on any atom is 0.212 e. The highest BCUT2D eigenvalue weighted by atomic mass is 16.3. The SMILES string of the molecule is CCc1ccc(-c2cc3c(cc2C)oc2cccnc23)[n+](C)c1. The number of nitrogens with zero attached hydrogens (tertiary/aromatic N) is 2. The van der Waals surface area contributed by atoms with Crippen molar-refractivity contribution in [2.45, 2.75) is 20.3 Å². The van der Waals surface area contributed by atoms with E-state index in [1.165, 1.54) is 22.4 Å². The number of aromatic nitrogens is 2. The van der Waals surface area contributed by atoms with Crippen molar-refractivity contribution in [1.82, 2.24) is 4.98 Å². The summed E-state index contributed by atoms with van der Waals surface area (Å²) in [7, 11) is 2.10. The van der Waals surface area contributed by atoms with E-state index in [9.17, 15) is 0 Å². The molecule has 23 heavy (non-hydrogen) atoms. The summed E-state index contributed by atoms with van der Waals surface area (Å²) >= 11 is 0. The monoisotopic (exact) mass is 303 g/mol. The Morgan fingerprint density at radius 1 is 1.13 bits per heavy atom. The van der Waals surface area contributed by atoms with E-state index in [1.54, 1.807) is 0 Å². The molecule has 0 atom stereocenters. The molecular weight excluding hydrogens is 284 g/mol. The van der Waals surface area contributed by atoms with Crippen molar-refractivity contribution >= 4 is 22.1 Å². The average Bonchev–Trinajstić information content (AvgIpc) is 2.91. The van der Waals surface area contributed by atoms with Crippen molar-refractivity contribution in [1.29, 1.82) is 0 Å². The number of aryl methyl sites for hydroxylation is 3. The molecule has 4 aromatic rings. The molecule has 0 aliphatic rings. The number of fused-ring (bicyclic) bond motifs is 3. The smallest absolute Gasteiger partial charge is 0.212 e. The molecule has 0 bridgehead atoms. The summed E-state index contributed by atoms with van der Waals surface area (Å²) < 4.78 is 8.12. The fourth-order valence-electron chi connectivity index (χ4n) is 3.17. The van der Waals surface area contributed by atoms with Crippen LogP contribution in [0.25, 0.3) is 33.3 Å². The first-order valence-electron chi connectivity index (χ1n) is 7.94. The molecule has 1 aromatic carbocycles. The molecule has 4 rings (SSSR count). The first-order valence-corrected chi connectivity index (χ1v) is 7.94. The lowest BCUT2D eigenvalue weighted by atomic mass is 10.0. The summed E-state index contributed by atoms with van der Waals surface area (Å²) in [5.74, 6) is 0. The molecule has 0 amide bonds. The zero-order valence-electron chi connectivity index (χ0n) is 13.6. The van der Waals surface area contributed by atoms with Crippen molar-refractivity contribution in [2.75, 3.05) is 0 Å². The summed E-state index contributed by atoms with van der Waals surface area (Å²) in [6.45, 7) is 4.30. The highest BCUT2D eigenvalue weighted by Gasteiger charge is 2.17. The number of benzene rings is 1. The molecule has 0 aliphatic carbocycles. The van der Waals surface area contributed by atoms with Gasteiger partial charge < -0.3 is 4.42 Å². The third-order valence-electron chi connectivity index (χ3n) is 4.45. The number of rotatable bonds is 2. The highest BCUT2D eigenvalue weighted by Crippen LogP contribution is 2.32. The van der Waals surface area contributed by atoms with Gasteiger partial charge in [-0.15, -0.1) is 0 Å². The van der Waals surface area contributed by atoms with E-state index in [-0.39, 0.29) is 0 Å². The van der Waals surface area contributed by atoms with E-state index in [1.807, 2.05) is 18.3 Å². The molecular formula is C20H19N2O+. The van der Waals surface area contributed by atoms with Crippen LogP contribution in [-0.4, -0.2) is 4.98 Å². The van der Waals surface area contributed by atoms with E-state index in [4.69, 9.17) is 4.42 Å². The molecule has 3 heterocycles. The van der Waals surface area contributed by atoms with E-state index >= 15 is 0 Å². The van der Waals surface area contributed by atoms with E-state index in [2.05, 4.69) is 60.9 Å². The molecule has 0 saturated heterocycles. The van der Waals surface area contributed by atoms with Gasteiger partial charge >= 0.3 is 0 Å². The molecule has 0 spiro atoms. The van der Waals surface area contributed by atoms with Gasteiger partial charge in [0.15, 0.2) is 11.8 Å². The Morgan fingerprint density at radius 2 is 2.00 bits per heavy atom. The topological polar surface area (TPSA) is 29.9 Å². The molecule has 0 unspecified atom stereocenters. The molecule has 0 radical (unpaired) electrons. The minimum Gasteiger partial charge on any atom is -0.454 e. The second kappa shape index (κ2) is 5.20. The number of pyridine rings is 2. The zero-order valence-corrected chi connectivity index (χ0v) is 13.6. The normalized spacial score (nSPS) is 11.4. The Labute approximate surface area is 135 Å². The van der Waals surface area contributed by atoms with Crippen LogP contribution in [0.15, 0.2) is 53.2 Å². The Bertz CT molecular complexity index is 1030. The molecule has 3 aromatic heterocycles. The standard InChI is InChI=1S/C20H19N2O/c1-4-14-7-8-17(22(3)12-14)15-11-16-19(10-13(15)2)23-18-6-5-9-21-20(16)18/h5-12H,4H2,1-3H3/q+1. The van der Waals surface area contributed by atoms with Crippen LogP contribution in [0.1, 0.15) is 18.1 Å². The Morgan fingerprint density at radius 3 is 2.78 bits per heavy atom. The van der Waals surface area contributed by atoms with Gasteiger partial charge in [0.2, 0.25) is 5.69 Å². The van der Waals surface area contributed by atoms with Gasteiger partial charge in [0.05, 0.1) is 0 Å². The minimum atomic E-state index is 0.838. The van der Waals surface area contributed by atoms with Gasteiger partial charge in [-0.1, -0.05) is 6.92 Å². The van der Waals surface area contributed by atoms with Gasteiger partial charge in [-0.2, -0.15) is 0 Å². The van der Waals surface area contributed by atoms with E-state index in [0.29, 0.717) is 0 Å². The van der Waals surface area contributed by atoms with Gasteiger partial charge in [0, 0.05) is 28.8 Å². The summed E-state index contributed by atoms with van der Waals surface area (Å²) in [6, 6.07) is 12.6. The Kier molecular flexibility index (Phi) is 3.15. The first-order chi connectivity index (χ1) is 11.2. The molecule has 0 aliphatic heterocycles. The summed E-state index contributed by atoms with van der Waals surface area (Å²) in [6.07, 6.45) is 5.06. The van der Waals surface area contributed by atoms with Gasteiger partial charge in [0.25, 0.3) is 0 Å². The summed E-state index contributed by atoms with van der Waals surface area (Å²) in [4.78, 5) is 4.48. The summed E-state index contributed by atoms with van der Waals surface area (Å²) in [5.41, 5.74) is 7.62. The van der Waals surface area contributed by atoms with Crippen LogP contribution in [0.5, 0.6) is 0 Å². The number of hydrogen-bond donors (Lipinski definition) is 0.